The van der Waals surface area contributed by atoms with E-state index in [2.05, 4.69) is 110 Å². The van der Waals surface area contributed by atoms with Gasteiger partial charge in [0.15, 0.2) is 5.11 Å². The van der Waals surface area contributed by atoms with E-state index < -0.39 is 0 Å². The number of para-hydroxylation sites is 1. The third kappa shape index (κ3) is 4.90. The van der Waals surface area contributed by atoms with Crippen LogP contribution < -0.4 is 15.5 Å². The molecule has 3 rings (SSSR count). The summed E-state index contributed by atoms with van der Waals surface area (Å²) >= 11 is 5.49. The number of thiocarbonyl (C=S) groups is 1. The van der Waals surface area contributed by atoms with E-state index in [9.17, 15) is 0 Å². The van der Waals surface area contributed by atoms with Gasteiger partial charge in [0.1, 0.15) is 0 Å². The molecule has 0 aromatic heterocycles. The van der Waals surface area contributed by atoms with E-state index in [1.54, 1.807) is 0 Å². The highest BCUT2D eigenvalue weighted by Crippen LogP contribution is 2.28. The van der Waals surface area contributed by atoms with Crippen LogP contribution in [0, 0.1) is 13.8 Å². The zero-order valence-corrected chi connectivity index (χ0v) is 17.7. The molecule has 0 saturated carbocycles. The van der Waals surface area contributed by atoms with Crippen LogP contribution >= 0.6 is 12.2 Å². The quantitative estimate of drug-likeness (QED) is 0.477. The molecule has 0 saturated heterocycles. The van der Waals surface area contributed by atoms with Gasteiger partial charge in [-0.3, -0.25) is 0 Å². The molecular weight excluding hydrogens is 362 g/mol. The molecule has 0 spiro atoms. The molecule has 0 heterocycles. The van der Waals surface area contributed by atoms with Crippen LogP contribution in [0.2, 0.25) is 0 Å². The van der Waals surface area contributed by atoms with E-state index in [0.29, 0.717) is 11.2 Å². The van der Waals surface area contributed by atoms with Crippen LogP contribution in [0.5, 0.6) is 0 Å². The Bertz CT molecular complexity index is 934. The number of nitrogens with zero attached hydrogens (tertiary/aromatic N) is 1. The Balaban J connectivity index is 1.71. The summed E-state index contributed by atoms with van der Waals surface area (Å²) in [6.45, 7) is 8.54. The largest absolute Gasteiger partial charge is 0.339 e. The fourth-order valence-corrected chi connectivity index (χ4v) is 3.42. The highest BCUT2D eigenvalue weighted by Gasteiger charge is 2.12. The lowest BCUT2D eigenvalue weighted by Gasteiger charge is -2.29. The predicted molar refractivity (Wildman–Crippen MR) is 126 cm³/mol. The molecule has 0 aliphatic rings. The second-order valence-electron chi connectivity index (χ2n) is 7.24. The van der Waals surface area contributed by atoms with Gasteiger partial charge in [0, 0.05) is 28.8 Å². The maximum absolute atomic E-state index is 5.49. The Hall–Kier alpha value is -2.85. The van der Waals surface area contributed by atoms with Crippen molar-refractivity contribution in [1.82, 2.24) is 0 Å². The number of rotatable bonds is 5. The van der Waals surface area contributed by atoms with Crippen molar-refractivity contribution >= 4 is 40.1 Å². The minimum absolute atomic E-state index is 0.355. The first-order valence-electron chi connectivity index (χ1n) is 9.53. The molecular formula is C24H27N3S. The summed E-state index contributed by atoms with van der Waals surface area (Å²) < 4.78 is 0. The molecule has 2 N–H and O–H groups in total. The van der Waals surface area contributed by atoms with Gasteiger partial charge in [0.2, 0.25) is 0 Å². The van der Waals surface area contributed by atoms with Gasteiger partial charge >= 0.3 is 0 Å². The normalized spacial score (nSPS) is 10.6. The van der Waals surface area contributed by atoms with Crippen molar-refractivity contribution in [3.8, 4) is 0 Å². The van der Waals surface area contributed by atoms with E-state index in [1.807, 2.05) is 6.07 Å². The van der Waals surface area contributed by atoms with Gasteiger partial charge in [-0.25, -0.2) is 0 Å². The summed E-state index contributed by atoms with van der Waals surface area (Å²) in [5.41, 5.74) is 6.70. The molecule has 4 heteroatoms. The lowest BCUT2D eigenvalue weighted by atomic mass is 10.1. The van der Waals surface area contributed by atoms with Crippen molar-refractivity contribution in [3.63, 3.8) is 0 Å². The Kier molecular flexibility index (Phi) is 6.32. The molecule has 3 nitrogen and oxygen atoms in total. The number of hydrogen-bond acceptors (Lipinski definition) is 2. The second kappa shape index (κ2) is 8.89. The van der Waals surface area contributed by atoms with Crippen LogP contribution in [-0.4, -0.2) is 11.2 Å². The van der Waals surface area contributed by atoms with Gasteiger partial charge in [0.25, 0.3) is 0 Å². The Labute approximate surface area is 173 Å². The summed E-state index contributed by atoms with van der Waals surface area (Å²) in [6.07, 6.45) is 0. The van der Waals surface area contributed by atoms with Crippen molar-refractivity contribution in [2.24, 2.45) is 0 Å². The minimum atomic E-state index is 0.355. The van der Waals surface area contributed by atoms with E-state index in [1.165, 1.54) is 16.8 Å². The number of nitrogens with one attached hydrogen (secondary N) is 2. The molecule has 0 aliphatic heterocycles. The fraction of sp³-hybridized carbons (Fsp3) is 0.208. The highest BCUT2D eigenvalue weighted by molar-refractivity contribution is 7.80. The SMILES string of the molecule is Cc1ccc(C)c(NC(=S)Nc2ccc(N(c3ccccc3)C(C)C)cc2)c1. The average molecular weight is 390 g/mol. The van der Waals surface area contributed by atoms with Gasteiger partial charge < -0.3 is 15.5 Å². The lowest BCUT2D eigenvalue weighted by Crippen LogP contribution is -2.25. The van der Waals surface area contributed by atoms with Crippen LogP contribution in [0.4, 0.5) is 22.7 Å². The van der Waals surface area contributed by atoms with Gasteiger partial charge in [-0.1, -0.05) is 30.3 Å². The predicted octanol–water partition coefficient (Wildman–Crippen LogP) is 6.66. The van der Waals surface area contributed by atoms with Crippen LogP contribution in [0.15, 0.2) is 72.8 Å². The molecule has 28 heavy (non-hydrogen) atoms. The topological polar surface area (TPSA) is 27.3 Å². The Morgan fingerprint density at radius 2 is 1.46 bits per heavy atom. The summed E-state index contributed by atoms with van der Waals surface area (Å²) in [5.74, 6) is 0. The number of anilines is 4. The lowest BCUT2D eigenvalue weighted by molar-refractivity contribution is 0.789. The molecule has 0 atom stereocenters. The highest BCUT2D eigenvalue weighted by atomic mass is 32.1. The minimum Gasteiger partial charge on any atom is -0.339 e. The molecule has 0 bridgehead atoms. The third-order valence-electron chi connectivity index (χ3n) is 4.60. The molecule has 144 valence electrons. The molecule has 0 radical (unpaired) electrons. The standard InChI is InChI=1S/C24H27N3S/c1-17(2)27(21-8-6-5-7-9-21)22-14-12-20(13-15-22)25-24(28)26-23-16-18(3)10-11-19(23)4/h5-17H,1-4H3,(H2,25,26,28). The van der Waals surface area contributed by atoms with Gasteiger partial charge in [0.05, 0.1) is 0 Å². The fourth-order valence-electron chi connectivity index (χ4n) is 3.19. The number of aryl methyl sites for hydroxylation is 2. The van der Waals surface area contributed by atoms with Crippen molar-refractivity contribution in [2.45, 2.75) is 33.7 Å². The van der Waals surface area contributed by atoms with Gasteiger partial charge in [-0.2, -0.15) is 0 Å². The number of hydrogen-bond donors (Lipinski definition) is 2. The first kappa shape index (κ1) is 19.9. The van der Waals surface area contributed by atoms with E-state index in [0.717, 1.165) is 17.1 Å². The van der Waals surface area contributed by atoms with Crippen molar-refractivity contribution in [3.05, 3.63) is 83.9 Å². The Morgan fingerprint density at radius 3 is 2.11 bits per heavy atom. The van der Waals surface area contributed by atoms with E-state index in [-0.39, 0.29) is 0 Å². The molecule has 3 aromatic rings. The zero-order chi connectivity index (χ0) is 20.1. The third-order valence-corrected chi connectivity index (χ3v) is 4.80. The van der Waals surface area contributed by atoms with Gasteiger partial charge in [-0.05, 0) is 93.5 Å². The van der Waals surface area contributed by atoms with Crippen molar-refractivity contribution < 1.29 is 0 Å². The molecule has 0 aliphatic carbocycles. The second-order valence-corrected chi connectivity index (χ2v) is 7.65. The maximum Gasteiger partial charge on any atom is 0.175 e. The zero-order valence-electron chi connectivity index (χ0n) is 16.9. The van der Waals surface area contributed by atoms with Crippen molar-refractivity contribution in [1.29, 1.82) is 0 Å². The molecule has 3 aromatic carbocycles. The summed E-state index contributed by atoms with van der Waals surface area (Å²) in [4.78, 5) is 2.32. The van der Waals surface area contributed by atoms with Crippen molar-refractivity contribution in [2.75, 3.05) is 15.5 Å². The van der Waals surface area contributed by atoms with Gasteiger partial charge in [-0.15, -0.1) is 0 Å². The van der Waals surface area contributed by atoms with E-state index in [4.69, 9.17) is 12.2 Å². The monoisotopic (exact) mass is 389 g/mol. The smallest absolute Gasteiger partial charge is 0.175 e. The van der Waals surface area contributed by atoms with Crippen LogP contribution in [0.3, 0.4) is 0 Å². The van der Waals surface area contributed by atoms with Crippen LogP contribution in [0.1, 0.15) is 25.0 Å². The molecule has 0 unspecified atom stereocenters. The molecule has 0 fully saturated rings. The maximum atomic E-state index is 5.49. The molecule has 0 amide bonds. The van der Waals surface area contributed by atoms with Crippen LogP contribution in [0.25, 0.3) is 0 Å². The van der Waals surface area contributed by atoms with Crippen LogP contribution in [-0.2, 0) is 0 Å². The average Bonchev–Trinajstić information content (AvgIpc) is 2.67. The summed E-state index contributed by atoms with van der Waals surface area (Å²) in [7, 11) is 0. The number of benzene rings is 3. The first-order valence-corrected chi connectivity index (χ1v) is 9.94. The summed E-state index contributed by atoms with van der Waals surface area (Å²) in [5, 5.41) is 7.15. The Morgan fingerprint density at radius 1 is 0.821 bits per heavy atom. The van der Waals surface area contributed by atoms with E-state index >= 15 is 0 Å². The first-order chi connectivity index (χ1) is 13.4. The summed E-state index contributed by atoms with van der Waals surface area (Å²) in [6, 6.07) is 25.5.